The minimum absolute atomic E-state index is 0.116. The van der Waals surface area contributed by atoms with Gasteiger partial charge in [0.25, 0.3) is 0 Å². The summed E-state index contributed by atoms with van der Waals surface area (Å²) in [4.78, 5) is 50.8. The van der Waals surface area contributed by atoms with Crippen LogP contribution in [-0.2, 0) is 32.0 Å². The number of benzene rings is 2. The lowest BCUT2D eigenvalue weighted by molar-refractivity contribution is -0.136. The summed E-state index contributed by atoms with van der Waals surface area (Å²) in [7, 11) is 0. The van der Waals surface area contributed by atoms with Gasteiger partial charge in [-0.25, -0.2) is 19.2 Å². The first-order valence-electron chi connectivity index (χ1n) is 7.97. The highest BCUT2D eigenvalue weighted by molar-refractivity contribution is 5.99. The molecule has 2 rings (SSSR count). The Labute approximate surface area is 159 Å². The minimum atomic E-state index is -1.34. The second kappa shape index (κ2) is 9.54. The van der Waals surface area contributed by atoms with Crippen molar-refractivity contribution in [3.8, 4) is 0 Å². The van der Waals surface area contributed by atoms with Crippen LogP contribution in [0.2, 0.25) is 0 Å². The first kappa shape index (κ1) is 20.2. The first-order chi connectivity index (χ1) is 13.4. The van der Waals surface area contributed by atoms with E-state index in [4.69, 9.17) is 0 Å². The molecule has 0 saturated carbocycles. The molecular formula is C20H14N2O6. The molecule has 0 aliphatic carbocycles. The van der Waals surface area contributed by atoms with E-state index < -0.39 is 11.9 Å². The summed E-state index contributed by atoms with van der Waals surface area (Å²) in [5.74, 6) is -2.68. The predicted octanol–water partition coefficient (Wildman–Crippen LogP) is 2.87. The lowest BCUT2D eigenvalue weighted by Crippen LogP contribution is -2.15. The number of aliphatic carboxylic acids is 2. The standard InChI is InChI=1S/C20H14N2O6/c23-11-21-15-5-1-13(2-6-15)9-17(19(25)26)18(20(27)28)10-14-3-7-16(8-4-14)22-12-24/h1-8H,9-10H2,(H,25,26)(H,27,28). The van der Waals surface area contributed by atoms with Gasteiger partial charge >= 0.3 is 11.9 Å². The molecule has 0 atom stereocenters. The maximum atomic E-state index is 11.7. The molecule has 8 nitrogen and oxygen atoms in total. The first-order valence-corrected chi connectivity index (χ1v) is 7.97. The fraction of sp³-hybridized carbons (Fsp3) is 0.100. The third-order valence-corrected chi connectivity index (χ3v) is 3.86. The Morgan fingerprint density at radius 1 is 0.679 bits per heavy atom. The number of carbonyl (C=O) groups excluding carboxylic acids is 2. The number of hydrogen-bond acceptors (Lipinski definition) is 6. The zero-order valence-electron chi connectivity index (χ0n) is 14.5. The summed E-state index contributed by atoms with van der Waals surface area (Å²) in [6.45, 7) is 0. The Morgan fingerprint density at radius 2 is 1.00 bits per heavy atom. The van der Waals surface area contributed by atoms with Crippen molar-refractivity contribution in [3.63, 3.8) is 0 Å². The van der Waals surface area contributed by atoms with Crippen LogP contribution in [0.1, 0.15) is 11.1 Å². The number of rotatable bonds is 8. The lowest BCUT2D eigenvalue weighted by atomic mass is 9.95. The van der Waals surface area contributed by atoms with Crippen LogP contribution >= 0.6 is 0 Å². The summed E-state index contributed by atoms with van der Waals surface area (Å²) < 4.78 is 0. The third-order valence-electron chi connectivity index (χ3n) is 3.86. The van der Waals surface area contributed by atoms with Crippen molar-refractivity contribution in [1.29, 1.82) is 0 Å². The summed E-state index contributed by atoms with van der Waals surface area (Å²) in [5.41, 5.74) is 1.31. The normalized spacial score (nSPS) is 10.9. The minimum Gasteiger partial charge on any atom is -0.478 e. The number of isocyanates is 2. The van der Waals surface area contributed by atoms with Crippen LogP contribution in [0.3, 0.4) is 0 Å². The number of nitrogens with zero attached hydrogens (tertiary/aromatic N) is 2. The van der Waals surface area contributed by atoms with Gasteiger partial charge in [0.1, 0.15) is 0 Å². The molecule has 0 aliphatic rings. The molecule has 0 unspecified atom stereocenters. The zero-order valence-corrected chi connectivity index (χ0v) is 14.5. The molecule has 0 saturated heterocycles. The van der Waals surface area contributed by atoms with E-state index in [2.05, 4.69) is 9.98 Å². The largest absolute Gasteiger partial charge is 0.478 e. The van der Waals surface area contributed by atoms with Gasteiger partial charge in [0.2, 0.25) is 12.2 Å². The molecule has 0 heterocycles. The zero-order chi connectivity index (χ0) is 20.5. The Morgan fingerprint density at radius 3 is 1.25 bits per heavy atom. The van der Waals surface area contributed by atoms with E-state index in [1.54, 1.807) is 24.3 Å². The van der Waals surface area contributed by atoms with Gasteiger partial charge in [-0.05, 0) is 35.4 Å². The van der Waals surface area contributed by atoms with E-state index in [0.717, 1.165) is 0 Å². The Bertz CT molecular complexity index is 926. The SMILES string of the molecule is O=C=Nc1ccc(CC(C(=O)O)=C(Cc2ccc(N=C=O)cc2)C(=O)O)cc1. The molecule has 0 bridgehead atoms. The van der Waals surface area contributed by atoms with Gasteiger partial charge in [-0.2, -0.15) is 9.98 Å². The Balaban J connectivity index is 2.36. The van der Waals surface area contributed by atoms with Crippen molar-refractivity contribution in [3.05, 3.63) is 70.8 Å². The summed E-state index contributed by atoms with van der Waals surface area (Å²) in [6, 6.07) is 12.3. The Hall–Kier alpha value is -4.12. The molecule has 0 fully saturated rings. The molecule has 2 aromatic rings. The molecule has 2 N–H and O–H groups in total. The van der Waals surface area contributed by atoms with E-state index in [9.17, 15) is 29.4 Å². The number of carboxylic acids is 2. The second-order valence-corrected chi connectivity index (χ2v) is 5.66. The highest BCUT2D eigenvalue weighted by Crippen LogP contribution is 2.21. The van der Waals surface area contributed by atoms with Gasteiger partial charge in [-0.1, -0.05) is 24.3 Å². The van der Waals surface area contributed by atoms with Crippen LogP contribution in [0.4, 0.5) is 11.4 Å². The van der Waals surface area contributed by atoms with E-state index >= 15 is 0 Å². The van der Waals surface area contributed by atoms with Crippen molar-refractivity contribution in [1.82, 2.24) is 0 Å². The highest BCUT2D eigenvalue weighted by Gasteiger charge is 2.21. The van der Waals surface area contributed by atoms with Crippen molar-refractivity contribution < 1.29 is 29.4 Å². The van der Waals surface area contributed by atoms with Crippen LogP contribution in [0.25, 0.3) is 0 Å². The van der Waals surface area contributed by atoms with Crippen LogP contribution in [-0.4, -0.2) is 34.3 Å². The molecular weight excluding hydrogens is 364 g/mol. The average molecular weight is 378 g/mol. The molecule has 28 heavy (non-hydrogen) atoms. The van der Waals surface area contributed by atoms with Crippen LogP contribution in [0.15, 0.2) is 69.7 Å². The van der Waals surface area contributed by atoms with E-state index in [-0.39, 0.29) is 24.0 Å². The quantitative estimate of drug-likeness (QED) is 0.412. The van der Waals surface area contributed by atoms with Gasteiger partial charge < -0.3 is 10.2 Å². The number of carbonyl (C=O) groups is 2. The maximum Gasteiger partial charge on any atom is 0.332 e. The van der Waals surface area contributed by atoms with Crippen molar-refractivity contribution in [2.45, 2.75) is 12.8 Å². The highest BCUT2D eigenvalue weighted by atomic mass is 16.4. The van der Waals surface area contributed by atoms with Gasteiger partial charge in [-0.15, -0.1) is 0 Å². The monoisotopic (exact) mass is 378 g/mol. The Kier molecular flexibility index (Phi) is 6.88. The van der Waals surface area contributed by atoms with Gasteiger partial charge in [0.15, 0.2) is 0 Å². The van der Waals surface area contributed by atoms with Crippen LogP contribution in [0.5, 0.6) is 0 Å². The molecule has 2 aromatic carbocycles. The summed E-state index contributed by atoms with van der Waals surface area (Å²) in [6.07, 6.45) is 2.57. The molecule has 0 aromatic heterocycles. The molecule has 0 spiro atoms. The average Bonchev–Trinajstić information content (AvgIpc) is 2.67. The summed E-state index contributed by atoms with van der Waals surface area (Å²) >= 11 is 0. The van der Waals surface area contributed by atoms with Crippen molar-refractivity contribution >= 4 is 35.5 Å². The topological polar surface area (TPSA) is 133 Å². The fourth-order valence-electron chi connectivity index (χ4n) is 2.51. The predicted molar refractivity (Wildman–Crippen MR) is 98.2 cm³/mol. The molecule has 0 amide bonds. The van der Waals surface area contributed by atoms with Crippen LogP contribution < -0.4 is 0 Å². The van der Waals surface area contributed by atoms with Gasteiger partial charge in [-0.3, -0.25) is 0 Å². The molecule has 0 radical (unpaired) electrons. The van der Waals surface area contributed by atoms with Crippen molar-refractivity contribution in [2.24, 2.45) is 9.98 Å². The third kappa shape index (κ3) is 5.44. The maximum absolute atomic E-state index is 11.7. The molecule has 0 aliphatic heterocycles. The number of aliphatic imine (C=N–C) groups is 2. The number of hydrogen-bond donors (Lipinski definition) is 2. The van der Waals surface area contributed by atoms with Crippen LogP contribution in [0, 0.1) is 0 Å². The second-order valence-electron chi connectivity index (χ2n) is 5.66. The van der Waals surface area contributed by atoms with Crippen molar-refractivity contribution in [2.75, 3.05) is 0 Å². The van der Waals surface area contributed by atoms with E-state index in [1.165, 1.54) is 36.4 Å². The fourth-order valence-corrected chi connectivity index (χ4v) is 2.51. The number of carboxylic acid groups (broad SMARTS) is 2. The van der Waals surface area contributed by atoms with Gasteiger partial charge in [0.05, 0.1) is 22.5 Å². The molecule has 140 valence electrons. The van der Waals surface area contributed by atoms with E-state index in [0.29, 0.717) is 22.5 Å². The summed E-state index contributed by atoms with van der Waals surface area (Å²) in [5, 5.41) is 19.1. The smallest absolute Gasteiger partial charge is 0.332 e. The van der Waals surface area contributed by atoms with Gasteiger partial charge in [0, 0.05) is 12.8 Å². The van der Waals surface area contributed by atoms with E-state index in [1.807, 2.05) is 0 Å². The molecule has 8 heteroatoms. The lowest BCUT2D eigenvalue weighted by Gasteiger charge is -2.10.